The van der Waals surface area contributed by atoms with Gasteiger partial charge in [0.05, 0.1) is 0 Å². The third-order valence-electron chi connectivity index (χ3n) is 0. The van der Waals surface area contributed by atoms with Crippen LogP contribution in [0.1, 0.15) is 0 Å². The normalized spacial score (nSPS) is 0.750. The molecule has 0 unspecified atom stereocenters. The minimum absolute atomic E-state index is 0. The molecule has 4 heteroatoms. The first-order valence-electron chi connectivity index (χ1n) is 0.236. The third kappa shape index (κ3) is 8.87. The first-order chi connectivity index (χ1) is 1.00. The van der Waals surface area contributed by atoms with E-state index in [1.807, 2.05) is 0 Å². The molecule has 0 aromatic rings. The van der Waals surface area contributed by atoms with Crippen LogP contribution >= 0.6 is 8.92 Å². The SMILES string of the molecule is [Cu].[S]=[In].[Zn]. The van der Waals surface area contributed by atoms with E-state index in [9.17, 15) is 0 Å². The minimum atomic E-state index is 0. The summed E-state index contributed by atoms with van der Waals surface area (Å²) in [5.41, 5.74) is 0. The van der Waals surface area contributed by atoms with Gasteiger partial charge in [0.25, 0.3) is 0 Å². The second kappa shape index (κ2) is 18.8. The molecular formula is CuInSZn. The summed E-state index contributed by atoms with van der Waals surface area (Å²) in [6.45, 7) is 0. The van der Waals surface area contributed by atoms with E-state index >= 15 is 0 Å². The molecule has 0 atom stereocenters. The first-order valence-corrected chi connectivity index (χ1v) is 4.74. The average Bonchev–Trinajstić information content (AvgIpc) is 1.00. The van der Waals surface area contributed by atoms with Gasteiger partial charge in [-0.1, -0.05) is 0 Å². The van der Waals surface area contributed by atoms with Gasteiger partial charge in [0.15, 0.2) is 0 Å². The summed E-state index contributed by atoms with van der Waals surface area (Å²) in [6.07, 6.45) is 0. The third-order valence-corrected chi connectivity index (χ3v) is 0. The molecule has 2 radical (unpaired) electrons. The van der Waals surface area contributed by atoms with Crippen LogP contribution in [0, 0.1) is 0 Å². The second-order valence-corrected chi connectivity index (χ2v) is 0. The van der Waals surface area contributed by atoms with Crippen LogP contribution in [0.4, 0.5) is 0 Å². The van der Waals surface area contributed by atoms with E-state index in [0.29, 0.717) is 0 Å². The summed E-state index contributed by atoms with van der Waals surface area (Å²) in [7, 11) is 4.21. The van der Waals surface area contributed by atoms with Crippen LogP contribution in [-0.2, 0) is 36.5 Å². The van der Waals surface area contributed by atoms with Gasteiger partial charge in [-0.3, -0.25) is 0 Å². The zero-order valence-electron chi connectivity index (χ0n) is 1.99. The Bertz CT molecular complexity index is 8.00. The molecule has 0 rings (SSSR count). The Kier molecular flexibility index (Phi) is 76.8. The van der Waals surface area contributed by atoms with Crippen molar-refractivity contribution in [2.24, 2.45) is 0 Å². The summed E-state index contributed by atoms with van der Waals surface area (Å²) in [5.74, 6) is 0. The molecule has 0 amide bonds. The Morgan fingerprint density at radius 1 is 1.25 bits per heavy atom. The van der Waals surface area contributed by atoms with E-state index in [1.54, 1.807) is 0 Å². The van der Waals surface area contributed by atoms with Crippen LogP contribution in [0.2, 0.25) is 0 Å². The minimum Gasteiger partial charge on any atom is 0 e. The van der Waals surface area contributed by atoms with Crippen molar-refractivity contribution in [3.63, 3.8) is 0 Å². The molecule has 0 heterocycles. The summed E-state index contributed by atoms with van der Waals surface area (Å²) in [4.78, 5) is 0. The smallest absolute Gasteiger partial charge is 0 e. The van der Waals surface area contributed by atoms with Gasteiger partial charge in [0.2, 0.25) is 0 Å². The van der Waals surface area contributed by atoms with Gasteiger partial charge in [-0.2, -0.15) is 0 Å². The van der Waals surface area contributed by atoms with Gasteiger partial charge >= 0.3 is 31.3 Å². The fourth-order valence-corrected chi connectivity index (χ4v) is 0. The molecule has 0 aliphatic heterocycles. The molecule has 22 valence electrons. The molecule has 0 bridgehead atoms. The predicted molar refractivity (Wildman–Crippen MR) is 13.3 cm³/mol. The second-order valence-electron chi connectivity index (χ2n) is 0. The van der Waals surface area contributed by atoms with Crippen LogP contribution in [0.3, 0.4) is 0 Å². The van der Waals surface area contributed by atoms with Crippen LogP contribution in [-0.4, -0.2) is 22.4 Å². The van der Waals surface area contributed by atoms with Crippen molar-refractivity contribution in [3.8, 4) is 0 Å². The van der Waals surface area contributed by atoms with Crippen molar-refractivity contribution < 1.29 is 36.5 Å². The molecule has 0 fully saturated rings. The molecule has 0 nitrogen and oxygen atoms in total. The fraction of sp³-hybridized carbons (Fsp3) is 0. The Labute approximate surface area is 66.9 Å². The van der Waals surface area contributed by atoms with Crippen LogP contribution < -0.4 is 0 Å². The molecule has 0 saturated heterocycles. The quantitative estimate of drug-likeness (QED) is 0.572. The predicted octanol–water partition coefficient (Wildman–Crippen LogP) is 0.262. The molecule has 0 aromatic carbocycles. The Hall–Kier alpha value is 2.23. The van der Waals surface area contributed by atoms with Crippen molar-refractivity contribution in [3.05, 3.63) is 0 Å². The number of hydrogen-bond donors (Lipinski definition) is 0. The largest absolute Gasteiger partial charge is 0 e. The summed E-state index contributed by atoms with van der Waals surface area (Å²) >= 11 is 0.933. The summed E-state index contributed by atoms with van der Waals surface area (Å²) in [6, 6.07) is 0. The molecule has 0 aromatic heterocycles. The zero-order valence-corrected chi connectivity index (χ0v) is 10.0. The topological polar surface area (TPSA) is 0 Å². The molecule has 4 heavy (non-hydrogen) atoms. The van der Waals surface area contributed by atoms with E-state index < -0.39 is 0 Å². The van der Waals surface area contributed by atoms with Gasteiger partial charge in [-0.05, 0) is 0 Å². The summed E-state index contributed by atoms with van der Waals surface area (Å²) in [5, 5.41) is 0. The Morgan fingerprint density at radius 3 is 1.25 bits per heavy atom. The van der Waals surface area contributed by atoms with Crippen molar-refractivity contribution in [2.45, 2.75) is 0 Å². The zero-order chi connectivity index (χ0) is 2.00. The van der Waals surface area contributed by atoms with Crippen molar-refractivity contribution in [2.75, 3.05) is 0 Å². The monoisotopic (exact) mass is 274 g/mol. The van der Waals surface area contributed by atoms with E-state index in [2.05, 4.69) is 8.92 Å². The molecule has 0 aliphatic carbocycles. The molecule has 0 N–H and O–H groups in total. The molecule has 0 saturated carbocycles. The average molecular weight is 276 g/mol. The maximum atomic E-state index is 4.21. The van der Waals surface area contributed by atoms with Gasteiger partial charge in [-0.25, -0.2) is 0 Å². The van der Waals surface area contributed by atoms with Crippen molar-refractivity contribution in [1.82, 2.24) is 0 Å². The van der Waals surface area contributed by atoms with Crippen LogP contribution in [0.25, 0.3) is 0 Å². The van der Waals surface area contributed by atoms with Gasteiger partial charge < -0.3 is 0 Å². The maximum absolute atomic E-state index is 4.21. The van der Waals surface area contributed by atoms with E-state index in [-0.39, 0.29) is 36.5 Å². The Morgan fingerprint density at radius 2 is 1.25 bits per heavy atom. The maximum Gasteiger partial charge on any atom is 0 e. The molecule has 0 aliphatic rings. The van der Waals surface area contributed by atoms with E-state index in [4.69, 9.17) is 0 Å². The van der Waals surface area contributed by atoms with Crippen LogP contribution in [0.15, 0.2) is 0 Å². The van der Waals surface area contributed by atoms with Crippen molar-refractivity contribution in [1.29, 1.82) is 0 Å². The van der Waals surface area contributed by atoms with Gasteiger partial charge in [0.1, 0.15) is 0 Å². The van der Waals surface area contributed by atoms with E-state index in [0.717, 1.165) is 22.4 Å². The number of hydrogen-bond acceptors (Lipinski definition) is 1. The van der Waals surface area contributed by atoms with E-state index in [1.165, 1.54) is 0 Å². The van der Waals surface area contributed by atoms with Crippen molar-refractivity contribution >= 4 is 31.3 Å². The Balaban J connectivity index is -0.00000000500. The number of rotatable bonds is 0. The standard InChI is InChI=1S/Cu.In.S.Zn. The molecular weight excluding hydrogens is 276 g/mol. The summed E-state index contributed by atoms with van der Waals surface area (Å²) < 4.78 is 0. The fourth-order valence-electron chi connectivity index (χ4n) is 0. The van der Waals surface area contributed by atoms with Gasteiger partial charge in [0, 0.05) is 36.5 Å². The molecule has 0 spiro atoms. The van der Waals surface area contributed by atoms with Crippen LogP contribution in [0.5, 0.6) is 0 Å². The van der Waals surface area contributed by atoms with Gasteiger partial charge in [-0.15, -0.1) is 0 Å². The first kappa shape index (κ1) is 16.3.